The zero-order valence-corrected chi connectivity index (χ0v) is 10.2. The molecule has 0 aromatic carbocycles. The predicted molar refractivity (Wildman–Crippen MR) is 47.9 cm³/mol. The third kappa shape index (κ3) is 2.31. The van der Waals surface area contributed by atoms with Crippen LogP contribution in [-0.2, 0) is 7.05 Å². The van der Waals surface area contributed by atoms with Gasteiger partial charge in [0.2, 0.25) is 5.89 Å². The third-order valence-corrected chi connectivity index (χ3v) is 1.81. The fraction of sp³-hybridized carbons (Fsp3) is 0.200. The van der Waals surface area contributed by atoms with E-state index in [4.69, 9.17) is 4.42 Å². The normalized spacial score (nSPS) is 9.57. The molecule has 0 N–H and O–H groups in total. The Labute approximate surface area is 99.8 Å². The SMILES string of the molecule is Cc1coc(-c2ccc[n+](C)c2)n1.[I-]. The lowest BCUT2D eigenvalue weighted by Crippen LogP contribution is -3.00. The van der Waals surface area contributed by atoms with Gasteiger partial charge in [-0.1, -0.05) is 0 Å². The molecule has 2 heterocycles. The van der Waals surface area contributed by atoms with Gasteiger partial charge in [0.15, 0.2) is 12.4 Å². The maximum absolute atomic E-state index is 5.28. The fourth-order valence-corrected chi connectivity index (χ4v) is 1.20. The lowest BCUT2D eigenvalue weighted by Gasteiger charge is -1.91. The highest BCUT2D eigenvalue weighted by Gasteiger charge is 2.06. The molecule has 0 fully saturated rings. The van der Waals surface area contributed by atoms with Gasteiger partial charge in [-0.25, -0.2) is 9.55 Å². The molecule has 0 saturated heterocycles. The van der Waals surface area contributed by atoms with Crippen LogP contribution in [0.1, 0.15) is 5.69 Å². The molecule has 74 valence electrons. The quantitative estimate of drug-likeness (QED) is 0.473. The smallest absolute Gasteiger partial charge is 0.232 e. The van der Waals surface area contributed by atoms with Crippen LogP contribution in [0.25, 0.3) is 11.5 Å². The zero-order valence-electron chi connectivity index (χ0n) is 8.07. The summed E-state index contributed by atoms with van der Waals surface area (Å²) in [5, 5.41) is 0. The van der Waals surface area contributed by atoms with E-state index < -0.39 is 0 Å². The van der Waals surface area contributed by atoms with Crippen molar-refractivity contribution in [1.82, 2.24) is 4.98 Å². The second kappa shape index (κ2) is 4.54. The van der Waals surface area contributed by atoms with E-state index in [9.17, 15) is 0 Å². The van der Waals surface area contributed by atoms with E-state index in [0.717, 1.165) is 11.3 Å². The molecule has 0 aliphatic rings. The number of nitrogens with zero attached hydrogens (tertiary/aromatic N) is 2. The van der Waals surface area contributed by atoms with Crippen LogP contribution in [0.4, 0.5) is 0 Å². The van der Waals surface area contributed by atoms with Crippen LogP contribution in [0.15, 0.2) is 35.2 Å². The highest BCUT2D eigenvalue weighted by Crippen LogP contribution is 2.15. The van der Waals surface area contributed by atoms with Gasteiger partial charge in [-0.2, -0.15) is 0 Å². The van der Waals surface area contributed by atoms with Crippen molar-refractivity contribution in [3.8, 4) is 11.5 Å². The highest BCUT2D eigenvalue weighted by molar-refractivity contribution is 5.49. The van der Waals surface area contributed by atoms with Gasteiger partial charge in [0.05, 0.1) is 5.69 Å². The van der Waals surface area contributed by atoms with Crippen molar-refractivity contribution in [2.24, 2.45) is 7.05 Å². The maximum Gasteiger partial charge on any atom is 0.232 e. The van der Waals surface area contributed by atoms with Crippen molar-refractivity contribution in [3.63, 3.8) is 0 Å². The second-order valence-electron chi connectivity index (χ2n) is 3.05. The number of pyridine rings is 1. The number of aromatic nitrogens is 2. The van der Waals surface area contributed by atoms with Gasteiger partial charge in [-0.05, 0) is 13.0 Å². The van der Waals surface area contributed by atoms with E-state index in [1.54, 1.807) is 6.26 Å². The molecule has 3 nitrogen and oxygen atoms in total. The molecular weight excluding hydrogens is 291 g/mol. The second-order valence-corrected chi connectivity index (χ2v) is 3.05. The number of rotatable bonds is 1. The highest BCUT2D eigenvalue weighted by atomic mass is 127. The molecule has 2 aromatic heterocycles. The molecule has 4 heteroatoms. The summed E-state index contributed by atoms with van der Waals surface area (Å²) in [5.41, 5.74) is 1.90. The molecule has 0 radical (unpaired) electrons. The molecule has 2 aromatic rings. The summed E-state index contributed by atoms with van der Waals surface area (Å²) in [4.78, 5) is 4.24. The number of hydrogen-bond acceptors (Lipinski definition) is 2. The van der Waals surface area contributed by atoms with E-state index >= 15 is 0 Å². The first-order valence-electron chi connectivity index (χ1n) is 4.13. The van der Waals surface area contributed by atoms with Crippen LogP contribution >= 0.6 is 0 Å². The Morgan fingerprint density at radius 2 is 2.21 bits per heavy atom. The van der Waals surface area contributed by atoms with Crippen molar-refractivity contribution in [2.75, 3.05) is 0 Å². The van der Waals surface area contributed by atoms with Crippen molar-refractivity contribution < 1.29 is 33.0 Å². The number of oxazole rings is 1. The molecule has 0 amide bonds. The van der Waals surface area contributed by atoms with Gasteiger partial charge >= 0.3 is 0 Å². The lowest BCUT2D eigenvalue weighted by atomic mass is 10.3. The van der Waals surface area contributed by atoms with Gasteiger partial charge < -0.3 is 28.4 Å². The minimum Gasteiger partial charge on any atom is -1.00 e. The van der Waals surface area contributed by atoms with Crippen molar-refractivity contribution in [2.45, 2.75) is 6.92 Å². The minimum absolute atomic E-state index is 0. The van der Waals surface area contributed by atoms with Gasteiger partial charge in [0.25, 0.3) is 0 Å². The first-order chi connectivity index (χ1) is 6.25. The van der Waals surface area contributed by atoms with Gasteiger partial charge in [0, 0.05) is 6.07 Å². The summed E-state index contributed by atoms with van der Waals surface area (Å²) >= 11 is 0. The first kappa shape index (κ1) is 11.2. The summed E-state index contributed by atoms with van der Waals surface area (Å²) < 4.78 is 7.25. The molecular formula is C10H11IN2O. The molecule has 14 heavy (non-hydrogen) atoms. The van der Waals surface area contributed by atoms with Crippen LogP contribution in [-0.4, -0.2) is 4.98 Å². The van der Waals surface area contributed by atoms with Crippen LogP contribution in [0.5, 0.6) is 0 Å². The first-order valence-corrected chi connectivity index (χ1v) is 4.13. The van der Waals surface area contributed by atoms with E-state index in [1.165, 1.54) is 0 Å². The summed E-state index contributed by atoms with van der Waals surface area (Å²) in [5.74, 6) is 0.675. The summed E-state index contributed by atoms with van der Waals surface area (Å²) in [6.45, 7) is 1.91. The van der Waals surface area contributed by atoms with Crippen LogP contribution in [0.3, 0.4) is 0 Å². The van der Waals surface area contributed by atoms with Crippen molar-refractivity contribution >= 4 is 0 Å². The molecule has 2 rings (SSSR count). The standard InChI is InChI=1S/C10H11N2O.HI/c1-8-7-13-10(11-8)9-4-3-5-12(2)6-9;/h3-7H,1-2H3;1H/q+1;/p-1. The van der Waals surface area contributed by atoms with Gasteiger partial charge in [-0.15, -0.1) is 0 Å². The van der Waals surface area contributed by atoms with Crippen molar-refractivity contribution in [1.29, 1.82) is 0 Å². The Morgan fingerprint density at radius 1 is 1.43 bits per heavy atom. The van der Waals surface area contributed by atoms with Crippen LogP contribution < -0.4 is 28.5 Å². The predicted octanol–water partition coefficient (Wildman–Crippen LogP) is -1.52. The molecule has 0 aliphatic heterocycles. The lowest BCUT2D eigenvalue weighted by molar-refractivity contribution is -0.671. The minimum atomic E-state index is 0. The van der Waals surface area contributed by atoms with E-state index in [2.05, 4.69) is 4.98 Å². The molecule has 0 bridgehead atoms. The summed E-state index contributed by atoms with van der Waals surface area (Å²) in [6, 6.07) is 3.94. The molecule has 0 saturated carbocycles. The van der Waals surface area contributed by atoms with Gasteiger partial charge in [-0.3, -0.25) is 0 Å². The van der Waals surface area contributed by atoms with E-state index in [-0.39, 0.29) is 24.0 Å². The molecule has 0 aliphatic carbocycles. The maximum atomic E-state index is 5.28. The third-order valence-electron chi connectivity index (χ3n) is 1.81. The number of aryl methyl sites for hydroxylation is 2. The Morgan fingerprint density at radius 3 is 2.79 bits per heavy atom. The van der Waals surface area contributed by atoms with E-state index in [1.807, 2.05) is 43.1 Å². The average Bonchev–Trinajstić information content (AvgIpc) is 2.52. The van der Waals surface area contributed by atoms with Crippen LogP contribution in [0, 0.1) is 6.92 Å². The van der Waals surface area contributed by atoms with Crippen LogP contribution in [0.2, 0.25) is 0 Å². The molecule has 0 spiro atoms. The molecule has 0 atom stereocenters. The Kier molecular flexibility index (Phi) is 3.62. The Bertz CT molecular complexity index is 426. The molecule has 0 unspecified atom stereocenters. The Hall–Kier alpha value is -0.910. The number of hydrogen-bond donors (Lipinski definition) is 0. The fourth-order valence-electron chi connectivity index (χ4n) is 1.20. The Balaban J connectivity index is 0.000000980. The summed E-state index contributed by atoms with van der Waals surface area (Å²) in [7, 11) is 1.97. The summed E-state index contributed by atoms with van der Waals surface area (Å²) in [6.07, 6.45) is 5.60. The van der Waals surface area contributed by atoms with Crippen molar-refractivity contribution in [3.05, 3.63) is 36.5 Å². The zero-order chi connectivity index (χ0) is 9.26. The topological polar surface area (TPSA) is 29.9 Å². The van der Waals surface area contributed by atoms with E-state index in [0.29, 0.717) is 5.89 Å². The van der Waals surface area contributed by atoms with Gasteiger partial charge in [0.1, 0.15) is 18.9 Å². The largest absolute Gasteiger partial charge is 1.00 e. The monoisotopic (exact) mass is 302 g/mol. The average molecular weight is 302 g/mol. The number of halogens is 1.